The van der Waals surface area contributed by atoms with Crippen molar-refractivity contribution in [2.45, 2.75) is 20.3 Å². The Morgan fingerprint density at radius 3 is 1.33 bits per heavy atom. The van der Waals surface area contributed by atoms with Gasteiger partial charge >= 0.3 is 0 Å². The van der Waals surface area contributed by atoms with E-state index in [1.54, 1.807) is 0 Å². The van der Waals surface area contributed by atoms with Gasteiger partial charge in [0.25, 0.3) is 0 Å². The summed E-state index contributed by atoms with van der Waals surface area (Å²) in [5, 5.41) is 0. The van der Waals surface area contributed by atoms with E-state index < -0.39 is 0 Å². The molecule has 0 rings (SSSR count). The Balaban J connectivity index is -0.000000180. The molecule has 50 valence electrons. The van der Waals surface area contributed by atoms with Crippen LogP contribution < -0.4 is 0 Å². The smallest absolute Gasteiger partial charge is 0.137 e. The Kier molecular flexibility index (Phi) is 15.5. The van der Waals surface area contributed by atoms with Gasteiger partial charge in [0, 0.05) is 37.7 Å². The first kappa shape index (κ1) is 16.3. The van der Waals surface area contributed by atoms with Crippen LogP contribution in [0.2, 0.25) is 0 Å². The first-order valence-electron chi connectivity index (χ1n) is 2.12. The molecule has 0 saturated carbocycles. The summed E-state index contributed by atoms with van der Waals surface area (Å²) in [6.45, 7) is 2.81. The normalized spacial score (nSPS) is 6.44. The number of hydrogen-bond acceptors (Lipinski definition) is 2. The Morgan fingerprint density at radius 1 is 1.11 bits per heavy atom. The number of hydrogen-bond donors (Lipinski definition) is 0. The van der Waals surface area contributed by atoms with Crippen LogP contribution in [0.3, 0.4) is 0 Å². The van der Waals surface area contributed by atoms with E-state index in [2.05, 4.69) is 0 Å². The fourth-order valence-electron chi connectivity index (χ4n) is 0.351. The van der Waals surface area contributed by atoms with Gasteiger partial charge in [-0.25, -0.2) is 0 Å². The van der Waals surface area contributed by atoms with Gasteiger partial charge < -0.3 is 5.48 Å². The molecular formula is C5H10CaO3. The fourth-order valence-corrected chi connectivity index (χ4v) is 0.351. The molecule has 0 bridgehead atoms. The zero-order chi connectivity index (χ0) is 5.86. The van der Waals surface area contributed by atoms with Crippen molar-refractivity contribution in [3.8, 4) is 0 Å². The van der Waals surface area contributed by atoms with Crippen molar-refractivity contribution < 1.29 is 15.1 Å². The summed E-state index contributed by atoms with van der Waals surface area (Å²) < 4.78 is 0. The summed E-state index contributed by atoms with van der Waals surface area (Å²) in [5.74, 6) is -0.125. The van der Waals surface area contributed by atoms with Gasteiger partial charge in [0.05, 0.1) is 6.42 Å². The molecule has 0 unspecified atom stereocenters. The standard InChI is InChI=1S/C5H8O2.Ca.H2O/c1-4(6)3-5(2)7;;/h3H2,1-2H3;;1H2. The van der Waals surface area contributed by atoms with Gasteiger partial charge in [0.1, 0.15) is 11.6 Å². The van der Waals surface area contributed by atoms with E-state index in [4.69, 9.17) is 0 Å². The Hall–Kier alpha value is 0.560. The second-order valence-corrected chi connectivity index (χ2v) is 1.58. The van der Waals surface area contributed by atoms with Gasteiger partial charge in [-0.05, 0) is 13.8 Å². The molecule has 0 amide bonds. The van der Waals surface area contributed by atoms with Crippen molar-refractivity contribution in [3.05, 3.63) is 0 Å². The number of Topliss-reactive ketones (excluding diaryl/α,β-unsaturated/α-hetero) is 2. The molecule has 2 N–H and O–H groups in total. The molecule has 0 atom stereocenters. The first-order chi connectivity index (χ1) is 3.13. The summed E-state index contributed by atoms with van der Waals surface area (Å²) in [4.78, 5) is 20.1. The second kappa shape index (κ2) is 8.56. The molecule has 0 fully saturated rings. The molecule has 0 aliphatic carbocycles. The average molecular weight is 158 g/mol. The van der Waals surface area contributed by atoms with E-state index in [0.717, 1.165) is 0 Å². The average Bonchev–Trinajstić information content (AvgIpc) is 1.27. The summed E-state index contributed by atoms with van der Waals surface area (Å²) in [5.41, 5.74) is 0. The monoisotopic (exact) mass is 158 g/mol. The van der Waals surface area contributed by atoms with Gasteiger partial charge in [0.2, 0.25) is 0 Å². The number of rotatable bonds is 2. The molecule has 0 aromatic carbocycles. The van der Waals surface area contributed by atoms with Crippen molar-refractivity contribution in [3.63, 3.8) is 0 Å². The topological polar surface area (TPSA) is 65.6 Å². The van der Waals surface area contributed by atoms with Gasteiger partial charge in [-0.3, -0.25) is 9.59 Å². The summed E-state index contributed by atoms with van der Waals surface area (Å²) in [6.07, 6.45) is 0.0833. The SMILES string of the molecule is CC(=O)CC(C)=O.O.[Ca]. The molecule has 0 aliphatic heterocycles. The fraction of sp³-hybridized carbons (Fsp3) is 0.600. The minimum Gasteiger partial charge on any atom is -0.412 e. The molecule has 9 heavy (non-hydrogen) atoms. The molecule has 3 nitrogen and oxygen atoms in total. The molecular weight excluding hydrogens is 148 g/mol. The van der Waals surface area contributed by atoms with Crippen LogP contribution in [-0.2, 0) is 9.59 Å². The third-order valence-corrected chi connectivity index (χ3v) is 0.498. The van der Waals surface area contributed by atoms with Crippen LogP contribution in [0.15, 0.2) is 0 Å². The van der Waals surface area contributed by atoms with E-state index >= 15 is 0 Å². The minimum absolute atomic E-state index is 0. The van der Waals surface area contributed by atoms with Gasteiger partial charge in [-0.15, -0.1) is 0 Å². The summed E-state index contributed by atoms with van der Waals surface area (Å²) in [6, 6.07) is 0. The number of ketones is 2. The van der Waals surface area contributed by atoms with Crippen molar-refractivity contribution >= 4 is 49.3 Å². The third kappa shape index (κ3) is 17.7. The predicted molar refractivity (Wildman–Crippen MR) is 35.3 cm³/mol. The summed E-state index contributed by atoms with van der Waals surface area (Å²) in [7, 11) is 0. The Labute approximate surface area is 84.1 Å². The van der Waals surface area contributed by atoms with E-state index in [9.17, 15) is 9.59 Å². The minimum atomic E-state index is -0.0625. The van der Waals surface area contributed by atoms with Crippen molar-refractivity contribution in [2.24, 2.45) is 0 Å². The van der Waals surface area contributed by atoms with Crippen LogP contribution in [0.5, 0.6) is 0 Å². The van der Waals surface area contributed by atoms with Crippen molar-refractivity contribution in [1.29, 1.82) is 0 Å². The van der Waals surface area contributed by atoms with Gasteiger partial charge in [-0.2, -0.15) is 0 Å². The molecule has 0 aromatic rings. The first-order valence-corrected chi connectivity index (χ1v) is 2.12. The van der Waals surface area contributed by atoms with Gasteiger partial charge in [-0.1, -0.05) is 0 Å². The van der Waals surface area contributed by atoms with Crippen molar-refractivity contribution in [2.75, 3.05) is 0 Å². The van der Waals surface area contributed by atoms with Crippen LogP contribution in [-0.4, -0.2) is 54.8 Å². The number of carbonyl (C=O) groups is 2. The van der Waals surface area contributed by atoms with E-state index in [1.807, 2.05) is 0 Å². The van der Waals surface area contributed by atoms with Crippen LogP contribution in [0.25, 0.3) is 0 Å². The molecule has 0 heterocycles. The summed E-state index contributed by atoms with van der Waals surface area (Å²) >= 11 is 0. The quantitative estimate of drug-likeness (QED) is 0.396. The maximum atomic E-state index is 10.0. The van der Waals surface area contributed by atoms with Crippen LogP contribution in [0, 0.1) is 0 Å². The van der Waals surface area contributed by atoms with E-state index in [-0.39, 0.29) is 61.2 Å². The molecule has 0 spiro atoms. The molecule has 0 saturated heterocycles. The van der Waals surface area contributed by atoms with Gasteiger partial charge in [0.15, 0.2) is 0 Å². The van der Waals surface area contributed by atoms with Crippen LogP contribution in [0.1, 0.15) is 20.3 Å². The predicted octanol–water partition coefficient (Wildman–Crippen LogP) is -0.651. The molecule has 4 heteroatoms. The third-order valence-electron chi connectivity index (χ3n) is 0.498. The number of carbonyl (C=O) groups excluding carboxylic acids is 2. The van der Waals surface area contributed by atoms with E-state index in [1.165, 1.54) is 13.8 Å². The molecule has 0 aromatic heterocycles. The largest absolute Gasteiger partial charge is 0.412 e. The maximum Gasteiger partial charge on any atom is 0.137 e. The van der Waals surface area contributed by atoms with Crippen LogP contribution >= 0.6 is 0 Å². The van der Waals surface area contributed by atoms with Crippen molar-refractivity contribution in [1.82, 2.24) is 0 Å². The Morgan fingerprint density at radius 2 is 1.33 bits per heavy atom. The molecule has 0 aliphatic rings. The van der Waals surface area contributed by atoms with E-state index in [0.29, 0.717) is 0 Å². The van der Waals surface area contributed by atoms with Crippen LogP contribution in [0.4, 0.5) is 0 Å². The zero-order valence-electron chi connectivity index (χ0n) is 5.73. The zero-order valence-corrected chi connectivity index (χ0v) is 7.94. The molecule has 2 radical (unpaired) electrons. The maximum absolute atomic E-state index is 10.0. The second-order valence-electron chi connectivity index (χ2n) is 1.58. The Bertz CT molecular complexity index is 88.4.